The molecule has 0 radical (unpaired) electrons. The normalized spacial score (nSPS) is 16.1. The topological polar surface area (TPSA) is 161 Å². The molecule has 0 bridgehead atoms. The van der Waals surface area contributed by atoms with Crippen molar-refractivity contribution in [1.29, 1.82) is 0 Å². The van der Waals surface area contributed by atoms with E-state index in [2.05, 4.69) is 55.9 Å². The van der Waals surface area contributed by atoms with Gasteiger partial charge in [-0.3, -0.25) is 0 Å². The Bertz CT molecular complexity index is 2540. The van der Waals surface area contributed by atoms with Gasteiger partial charge in [-0.1, -0.05) is 84.9 Å². The number of halogens is 1. The van der Waals surface area contributed by atoms with Crippen LogP contribution in [0.1, 0.15) is 126 Å². The number of nitrogens with zero attached hydrogens (tertiary/aromatic N) is 2. The van der Waals surface area contributed by atoms with Crippen LogP contribution in [0.2, 0.25) is 17.7 Å². The Kier molecular flexibility index (Phi) is 34.7. The van der Waals surface area contributed by atoms with Crippen LogP contribution in [0.4, 0.5) is 0 Å². The van der Waals surface area contributed by atoms with Crippen molar-refractivity contribution in [2.75, 3.05) is 26.2 Å². The van der Waals surface area contributed by atoms with E-state index < -0.39 is 38.4 Å². The molecule has 6 rings (SSSR count). The van der Waals surface area contributed by atoms with E-state index in [4.69, 9.17) is 28.7 Å². The first-order chi connectivity index (χ1) is 36.5. The molecule has 2 unspecified atom stereocenters. The molecule has 2 saturated heterocycles. The second kappa shape index (κ2) is 38.7. The molecule has 76 heavy (non-hydrogen) atoms. The van der Waals surface area contributed by atoms with E-state index in [1.807, 2.05) is 92.7 Å². The number of carbonyl (C=O) groups excluding carboxylic acids is 4. The molecule has 4 aromatic carbocycles. The maximum absolute atomic E-state index is 13.3. The average molecular weight is 1260 g/mol. The van der Waals surface area contributed by atoms with Gasteiger partial charge >= 0.3 is 120 Å². The fourth-order valence-electron chi connectivity index (χ4n) is 9.42. The average Bonchev–Trinajstić information content (AvgIpc) is 3.83. The van der Waals surface area contributed by atoms with Crippen LogP contribution in [0.25, 0.3) is 0 Å². The predicted molar refractivity (Wildman–Crippen MR) is 309 cm³/mol. The number of benzene rings is 4. The van der Waals surface area contributed by atoms with Crippen LogP contribution in [0, 0.1) is 13.8 Å². The van der Waals surface area contributed by atoms with Crippen molar-refractivity contribution in [2.24, 2.45) is 0 Å². The van der Waals surface area contributed by atoms with Gasteiger partial charge in [0.25, 0.3) is 0 Å². The minimum atomic E-state index is -3.52. The van der Waals surface area contributed by atoms with Crippen molar-refractivity contribution in [1.82, 2.24) is 8.61 Å². The van der Waals surface area contributed by atoms with Crippen molar-refractivity contribution in [2.45, 2.75) is 171 Å². The van der Waals surface area contributed by atoms with Crippen molar-refractivity contribution in [3.63, 3.8) is 0 Å². The zero-order valence-electron chi connectivity index (χ0n) is 45.9. The van der Waals surface area contributed by atoms with E-state index in [9.17, 15) is 16.8 Å². The third-order valence-corrected chi connectivity index (χ3v) is 33.9. The Morgan fingerprint density at radius 1 is 0.592 bits per heavy atom. The molecule has 0 spiro atoms. The number of rotatable bonds is 23. The molecular formula is C60H85BrN2O10S2Sn. The Balaban J connectivity index is 0.000000382. The van der Waals surface area contributed by atoms with Gasteiger partial charge in [0.2, 0.25) is 20.0 Å². The van der Waals surface area contributed by atoms with E-state index in [1.165, 1.54) is 43.0 Å². The van der Waals surface area contributed by atoms with Gasteiger partial charge in [-0.15, -0.1) is 6.58 Å². The van der Waals surface area contributed by atoms with Crippen LogP contribution in [0.3, 0.4) is 0 Å². The SMILES string of the molecule is C=CCc1ccc(C)cc1S(=O)(=O)N1CCCC(OCc2ccccc2)CC1.C=C[CH2][Sn]([CH2]CCC)([CH2]CCC)[CH2]CCC.Cc1ccc(Br)c(S(=O)(=O)N2CCCC(OCc3ccccc3)CC2)c1.O=C=O.O=C=O. The van der Waals surface area contributed by atoms with E-state index in [1.54, 1.807) is 46.2 Å². The summed E-state index contributed by atoms with van der Waals surface area (Å²) in [6.45, 7) is 21.8. The van der Waals surface area contributed by atoms with Crippen LogP contribution in [-0.2, 0) is 68.3 Å². The molecule has 2 heterocycles. The number of allylic oxidation sites excluding steroid dienone is 2. The molecular weight excluding hydrogens is 1170 g/mol. The van der Waals surface area contributed by atoms with Gasteiger partial charge in [0, 0.05) is 30.7 Å². The third kappa shape index (κ3) is 24.9. The second-order valence-corrected chi connectivity index (χ2v) is 38.2. The van der Waals surface area contributed by atoms with Gasteiger partial charge in [-0.2, -0.15) is 27.8 Å². The Labute approximate surface area is 469 Å². The van der Waals surface area contributed by atoms with Crippen molar-refractivity contribution >= 4 is 66.7 Å². The molecule has 2 aliphatic rings. The van der Waals surface area contributed by atoms with E-state index in [0.29, 0.717) is 66.5 Å². The third-order valence-electron chi connectivity index (χ3n) is 13.6. The van der Waals surface area contributed by atoms with Crippen LogP contribution >= 0.6 is 15.9 Å². The maximum Gasteiger partial charge on any atom is 0.373 e. The summed E-state index contributed by atoms with van der Waals surface area (Å²) < 4.78 is 75.0. The van der Waals surface area contributed by atoms with Crippen LogP contribution < -0.4 is 0 Å². The number of hydrogen-bond acceptors (Lipinski definition) is 10. The fraction of sp³-hybridized carbons (Fsp3) is 0.500. The molecule has 418 valence electrons. The number of sulfonamides is 2. The summed E-state index contributed by atoms with van der Waals surface area (Å²) in [5.74, 6) is 0. The Morgan fingerprint density at radius 2 is 1.00 bits per heavy atom. The van der Waals surface area contributed by atoms with Crippen LogP contribution in [0.5, 0.6) is 0 Å². The van der Waals surface area contributed by atoms with Gasteiger partial charge < -0.3 is 9.47 Å². The number of hydrogen-bond donors (Lipinski definition) is 0. The summed E-state index contributed by atoms with van der Waals surface area (Å²) in [7, 11) is -7.02. The van der Waals surface area contributed by atoms with Crippen molar-refractivity contribution in [3.8, 4) is 0 Å². The summed E-state index contributed by atoms with van der Waals surface area (Å²) in [6, 6.07) is 31.2. The first kappa shape index (κ1) is 68.2. The largest absolute Gasteiger partial charge is 0.373 e. The summed E-state index contributed by atoms with van der Waals surface area (Å²) in [5, 5.41) is 0. The summed E-state index contributed by atoms with van der Waals surface area (Å²) in [6.07, 6.45) is 18.6. The standard InChI is InChI=1S/C23H29NO3S.C20H24BrNO3S.3C4H9.C3H5.2CO2.Sn/c1-3-8-21-13-12-19(2)17-23(21)28(25,26)24-15-7-11-22(14-16-24)27-18-20-9-5-4-6-10-20;1-16-9-10-19(21)20(14-16)26(23,24)22-12-5-8-18(11-13-22)25-15-17-6-3-2-4-7-17;3*1-3-4-2;1-3-2;2*2-1-3;/h3-6,9-10,12-13,17,22H,1,7-8,11,14-16,18H2,2H3;2-4,6-7,9-10,14,18H,5,8,11-13,15H2,1H3;3*1,3-4H2,2H3;3H,1-2H2;;;. The predicted octanol–water partition coefficient (Wildman–Crippen LogP) is 13.9. The molecule has 0 aromatic heterocycles. The van der Waals surface area contributed by atoms with Gasteiger partial charge in [0.1, 0.15) is 0 Å². The number of ether oxygens (including phenoxy) is 2. The number of unbranched alkanes of at least 4 members (excludes halogenated alkanes) is 3. The summed E-state index contributed by atoms with van der Waals surface area (Å²) in [4.78, 5) is 33.3. The zero-order valence-corrected chi connectivity index (χ0v) is 52.0. The van der Waals surface area contributed by atoms with Gasteiger partial charge in [0.05, 0.1) is 35.2 Å². The zero-order chi connectivity index (χ0) is 56.2. The summed E-state index contributed by atoms with van der Waals surface area (Å²) >= 11 is 1.61. The molecule has 4 aromatic rings. The molecule has 2 fully saturated rings. The van der Waals surface area contributed by atoms with Gasteiger partial charge in [-0.05, 0) is 121 Å². The fourth-order valence-corrected chi connectivity index (χ4v) is 28.8. The van der Waals surface area contributed by atoms with Gasteiger partial charge in [0.15, 0.2) is 0 Å². The van der Waals surface area contributed by atoms with Gasteiger partial charge in [-0.25, -0.2) is 16.8 Å². The quantitative estimate of drug-likeness (QED) is 0.0516. The minimum absolute atomic E-state index is 0.0885. The monoisotopic (exact) mass is 1260 g/mol. The maximum atomic E-state index is 13.3. The van der Waals surface area contributed by atoms with Crippen LogP contribution in [-0.4, -0.2) is 94.5 Å². The van der Waals surface area contributed by atoms with Crippen molar-refractivity contribution in [3.05, 3.63) is 155 Å². The van der Waals surface area contributed by atoms with E-state index >= 15 is 0 Å². The summed E-state index contributed by atoms with van der Waals surface area (Å²) in [5.41, 5.74) is 4.98. The Morgan fingerprint density at radius 3 is 1.41 bits per heavy atom. The molecule has 0 saturated carbocycles. The minimum Gasteiger partial charge on any atom is -0.373 e. The van der Waals surface area contributed by atoms with Crippen LogP contribution in [0.15, 0.2) is 137 Å². The number of aryl methyl sites for hydroxylation is 2. The Hall–Kier alpha value is -3.86. The van der Waals surface area contributed by atoms with E-state index in [0.717, 1.165) is 59.9 Å². The first-order valence-electron chi connectivity index (χ1n) is 26.9. The molecule has 0 amide bonds. The van der Waals surface area contributed by atoms with E-state index in [-0.39, 0.29) is 24.5 Å². The molecule has 16 heteroatoms. The molecule has 12 nitrogen and oxygen atoms in total. The molecule has 2 atom stereocenters. The molecule has 0 N–H and O–H groups in total. The van der Waals surface area contributed by atoms with Crippen molar-refractivity contribution < 1.29 is 45.5 Å². The first-order valence-corrected chi connectivity index (χ1v) is 38.7. The molecule has 0 aliphatic carbocycles. The molecule has 2 aliphatic heterocycles. The smallest absolute Gasteiger partial charge is 0.373 e. The second-order valence-electron chi connectivity index (χ2n) is 19.5.